The Morgan fingerprint density at radius 1 is 1.38 bits per heavy atom. The van der Waals surface area contributed by atoms with Gasteiger partial charge < -0.3 is 10.6 Å². The Morgan fingerprint density at radius 3 is 2.75 bits per heavy atom. The minimum atomic E-state index is 0.458. The maximum atomic E-state index is 5.52. The van der Waals surface area contributed by atoms with Gasteiger partial charge in [-0.05, 0) is 26.2 Å². The summed E-state index contributed by atoms with van der Waals surface area (Å²) in [5, 5.41) is 0. The van der Waals surface area contributed by atoms with E-state index in [0.717, 1.165) is 11.5 Å². The SMILES string of the molecule is CCC1CCC(C)N1c1cnc(CN)cn1. The summed E-state index contributed by atoms with van der Waals surface area (Å²) in [7, 11) is 0. The maximum absolute atomic E-state index is 5.52. The van der Waals surface area contributed by atoms with Crippen molar-refractivity contribution in [2.45, 2.75) is 51.7 Å². The van der Waals surface area contributed by atoms with Crippen LogP contribution in [0.5, 0.6) is 0 Å². The molecule has 1 fully saturated rings. The fourth-order valence-corrected chi connectivity index (χ4v) is 2.47. The van der Waals surface area contributed by atoms with Gasteiger partial charge in [-0.3, -0.25) is 4.98 Å². The summed E-state index contributed by atoms with van der Waals surface area (Å²) in [6.07, 6.45) is 7.32. The molecule has 2 unspecified atom stereocenters. The molecule has 2 atom stereocenters. The number of anilines is 1. The fourth-order valence-electron chi connectivity index (χ4n) is 2.47. The van der Waals surface area contributed by atoms with Gasteiger partial charge in [-0.1, -0.05) is 6.92 Å². The minimum absolute atomic E-state index is 0.458. The first kappa shape index (κ1) is 11.3. The molecule has 0 spiro atoms. The van der Waals surface area contributed by atoms with Crippen molar-refractivity contribution >= 4 is 5.82 Å². The van der Waals surface area contributed by atoms with E-state index in [1.54, 1.807) is 6.20 Å². The standard InChI is InChI=1S/C12H20N4/c1-3-11-5-4-9(2)16(11)12-8-14-10(6-13)7-15-12/h7-9,11H,3-6,13H2,1-2H3. The van der Waals surface area contributed by atoms with Gasteiger partial charge in [0.15, 0.2) is 0 Å². The largest absolute Gasteiger partial charge is 0.350 e. The van der Waals surface area contributed by atoms with Crippen molar-refractivity contribution in [1.82, 2.24) is 9.97 Å². The van der Waals surface area contributed by atoms with Gasteiger partial charge in [-0.15, -0.1) is 0 Å². The highest BCUT2D eigenvalue weighted by atomic mass is 15.3. The molecule has 2 heterocycles. The molecule has 2 rings (SSSR count). The third-order valence-corrected chi connectivity index (χ3v) is 3.42. The van der Waals surface area contributed by atoms with E-state index in [9.17, 15) is 0 Å². The third kappa shape index (κ3) is 2.02. The maximum Gasteiger partial charge on any atom is 0.147 e. The van der Waals surface area contributed by atoms with Crippen molar-refractivity contribution in [2.24, 2.45) is 5.73 Å². The molecule has 1 aromatic rings. The second kappa shape index (κ2) is 4.78. The molecule has 16 heavy (non-hydrogen) atoms. The summed E-state index contributed by atoms with van der Waals surface area (Å²) in [5.74, 6) is 0.994. The van der Waals surface area contributed by atoms with Gasteiger partial charge in [0.25, 0.3) is 0 Å². The number of aromatic nitrogens is 2. The highest BCUT2D eigenvalue weighted by Crippen LogP contribution is 2.29. The number of nitrogens with two attached hydrogens (primary N) is 1. The average Bonchev–Trinajstić information content (AvgIpc) is 2.70. The fraction of sp³-hybridized carbons (Fsp3) is 0.667. The quantitative estimate of drug-likeness (QED) is 0.842. The lowest BCUT2D eigenvalue weighted by atomic mass is 10.1. The van der Waals surface area contributed by atoms with E-state index in [1.807, 2.05) is 6.20 Å². The van der Waals surface area contributed by atoms with Crippen molar-refractivity contribution in [2.75, 3.05) is 4.90 Å². The van der Waals surface area contributed by atoms with E-state index < -0.39 is 0 Å². The van der Waals surface area contributed by atoms with Crippen LogP contribution in [0.3, 0.4) is 0 Å². The van der Waals surface area contributed by atoms with Gasteiger partial charge in [0.2, 0.25) is 0 Å². The summed E-state index contributed by atoms with van der Waals surface area (Å²) in [6, 6.07) is 1.19. The van der Waals surface area contributed by atoms with Crippen LogP contribution in [0.1, 0.15) is 38.8 Å². The van der Waals surface area contributed by atoms with E-state index in [4.69, 9.17) is 5.73 Å². The normalized spacial score (nSPS) is 25.1. The molecule has 4 nitrogen and oxygen atoms in total. The first-order valence-corrected chi connectivity index (χ1v) is 6.05. The number of hydrogen-bond donors (Lipinski definition) is 1. The predicted molar refractivity (Wildman–Crippen MR) is 65.2 cm³/mol. The van der Waals surface area contributed by atoms with E-state index in [1.165, 1.54) is 19.3 Å². The molecule has 0 bridgehead atoms. The molecule has 2 N–H and O–H groups in total. The Hall–Kier alpha value is -1.16. The van der Waals surface area contributed by atoms with Crippen LogP contribution < -0.4 is 10.6 Å². The van der Waals surface area contributed by atoms with E-state index in [2.05, 4.69) is 28.7 Å². The van der Waals surface area contributed by atoms with Crippen LogP contribution in [-0.2, 0) is 6.54 Å². The zero-order chi connectivity index (χ0) is 11.5. The summed E-state index contributed by atoms with van der Waals surface area (Å²) >= 11 is 0. The highest BCUT2D eigenvalue weighted by Gasteiger charge is 2.30. The molecular formula is C12H20N4. The predicted octanol–water partition coefficient (Wildman–Crippen LogP) is 1.70. The molecule has 0 aromatic carbocycles. The first-order valence-electron chi connectivity index (χ1n) is 6.05. The highest BCUT2D eigenvalue weighted by molar-refractivity contribution is 5.40. The first-order chi connectivity index (χ1) is 7.76. The van der Waals surface area contributed by atoms with Crippen LogP contribution in [0.2, 0.25) is 0 Å². The molecule has 1 aliphatic heterocycles. The Bertz CT molecular complexity index is 335. The Balaban J connectivity index is 2.21. The Morgan fingerprint density at radius 2 is 2.19 bits per heavy atom. The van der Waals surface area contributed by atoms with E-state index >= 15 is 0 Å². The smallest absolute Gasteiger partial charge is 0.147 e. The van der Waals surface area contributed by atoms with Crippen LogP contribution in [0.15, 0.2) is 12.4 Å². The zero-order valence-electron chi connectivity index (χ0n) is 10.1. The monoisotopic (exact) mass is 220 g/mol. The van der Waals surface area contributed by atoms with Crippen molar-refractivity contribution in [1.29, 1.82) is 0 Å². The number of nitrogens with zero attached hydrogens (tertiary/aromatic N) is 3. The van der Waals surface area contributed by atoms with Crippen LogP contribution in [0.4, 0.5) is 5.82 Å². The Labute approximate surface area is 96.9 Å². The summed E-state index contributed by atoms with van der Waals surface area (Å²) < 4.78 is 0. The second-order valence-corrected chi connectivity index (χ2v) is 4.47. The summed E-state index contributed by atoms with van der Waals surface area (Å²) in [4.78, 5) is 11.2. The van der Waals surface area contributed by atoms with Crippen molar-refractivity contribution in [3.05, 3.63) is 18.1 Å². The average molecular weight is 220 g/mol. The molecule has 88 valence electrons. The molecule has 0 aliphatic carbocycles. The van der Waals surface area contributed by atoms with Gasteiger partial charge in [-0.2, -0.15) is 0 Å². The molecule has 0 radical (unpaired) electrons. The van der Waals surface area contributed by atoms with Crippen LogP contribution in [-0.4, -0.2) is 22.1 Å². The van der Waals surface area contributed by atoms with Crippen molar-refractivity contribution < 1.29 is 0 Å². The summed E-state index contributed by atoms with van der Waals surface area (Å²) in [6.45, 7) is 4.95. The van der Waals surface area contributed by atoms with E-state index in [-0.39, 0.29) is 0 Å². The lowest BCUT2D eigenvalue weighted by molar-refractivity contribution is 0.619. The topological polar surface area (TPSA) is 55.0 Å². The summed E-state index contributed by atoms with van der Waals surface area (Å²) in [5.41, 5.74) is 6.37. The van der Waals surface area contributed by atoms with Gasteiger partial charge in [0, 0.05) is 18.6 Å². The second-order valence-electron chi connectivity index (χ2n) is 4.47. The van der Waals surface area contributed by atoms with Gasteiger partial charge in [-0.25, -0.2) is 4.98 Å². The van der Waals surface area contributed by atoms with Gasteiger partial charge in [0.05, 0.1) is 18.1 Å². The van der Waals surface area contributed by atoms with Gasteiger partial charge in [0.1, 0.15) is 5.82 Å². The molecule has 1 aromatic heterocycles. The van der Waals surface area contributed by atoms with Crippen molar-refractivity contribution in [3.63, 3.8) is 0 Å². The van der Waals surface area contributed by atoms with Crippen molar-refractivity contribution in [3.8, 4) is 0 Å². The van der Waals surface area contributed by atoms with Gasteiger partial charge >= 0.3 is 0 Å². The van der Waals surface area contributed by atoms with E-state index in [0.29, 0.717) is 18.6 Å². The molecular weight excluding hydrogens is 200 g/mol. The van der Waals surface area contributed by atoms with Crippen LogP contribution in [0, 0.1) is 0 Å². The lowest BCUT2D eigenvalue weighted by Gasteiger charge is -2.28. The molecule has 1 aliphatic rings. The van der Waals surface area contributed by atoms with Crippen LogP contribution >= 0.6 is 0 Å². The zero-order valence-corrected chi connectivity index (χ0v) is 10.1. The molecule has 1 saturated heterocycles. The molecule has 0 amide bonds. The lowest BCUT2D eigenvalue weighted by Crippen LogP contribution is -2.34. The number of rotatable bonds is 3. The third-order valence-electron chi connectivity index (χ3n) is 3.42. The number of hydrogen-bond acceptors (Lipinski definition) is 4. The molecule has 0 saturated carbocycles. The Kier molecular flexibility index (Phi) is 3.39. The van der Waals surface area contributed by atoms with Crippen LogP contribution in [0.25, 0.3) is 0 Å². The molecule has 4 heteroatoms. The minimum Gasteiger partial charge on any atom is -0.350 e.